The molecule has 1 aromatic rings. The van der Waals surface area contributed by atoms with Crippen molar-refractivity contribution in [1.29, 1.82) is 0 Å². The quantitative estimate of drug-likeness (QED) is 0.583. The highest BCUT2D eigenvalue weighted by molar-refractivity contribution is 5.71. The molecule has 0 aromatic heterocycles. The third kappa shape index (κ3) is 2.08. The maximum absolute atomic E-state index is 10.9. The molecule has 5 heteroatoms. The van der Waals surface area contributed by atoms with E-state index in [0.717, 1.165) is 0 Å². The molecule has 0 N–H and O–H groups in total. The standard InChI is InChI=1S/C12H12NO4/c1-3-4-9-10(13(14)15)5-6-11-12(9)17-8(2)7-16-11/h3-6,8H,2,7H2,1H3. The van der Waals surface area contributed by atoms with Crippen LogP contribution < -0.4 is 9.47 Å². The Morgan fingerprint density at radius 2 is 2.35 bits per heavy atom. The summed E-state index contributed by atoms with van der Waals surface area (Å²) in [6, 6.07) is 2.97. The smallest absolute Gasteiger partial charge is 0.280 e. The highest BCUT2D eigenvalue weighted by atomic mass is 16.6. The lowest BCUT2D eigenvalue weighted by Gasteiger charge is -2.24. The van der Waals surface area contributed by atoms with Crippen molar-refractivity contribution in [2.75, 3.05) is 6.61 Å². The van der Waals surface area contributed by atoms with E-state index >= 15 is 0 Å². The summed E-state index contributed by atoms with van der Waals surface area (Å²) in [5.41, 5.74) is 0.419. The van der Waals surface area contributed by atoms with Crippen LogP contribution in [0, 0.1) is 17.0 Å². The van der Waals surface area contributed by atoms with Crippen molar-refractivity contribution in [3.8, 4) is 11.5 Å². The molecule has 89 valence electrons. The zero-order chi connectivity index (χ0) is 12.4. The van der Waals surface area contributed by atoms with Gasteiger partial charge in [-0.1, -0.05) is 6.08 Å². The molecule has 17 heavy (non-hydrogen) atoms. The fourth-order valence-corrected chi connectivity index (χ4v) is 1.67. The molecule has 1 atom stereocenters. The lowest BCUT2D eigenvalue weighted by atomic mass is 10.1. The van der Waals surface area contributed by atoms with Crippen molar-refractivity contribution in [3.63, 3.8) is 0 Å². The molecule has 0 fully saturated rings. The van der Waals surface area contributed by atoms with E-state index in [0.29, 0.717) is 23.7 Å². The molecule has 1 heterocycles. The molecular formula is C12H12NO4. The second kappa shape index (κ2) is 4.45. The van der Waals surface area contributed by atoms with E-state index in [9.17, 15) is 10.1 Å². The Kier molecular flexibility index (Phi) is 2.99. The third-order valence-corrected chi connectivity index (χ3v) is 2.38. The summed E-state index contributed by atoms with van der Waals surface area (Å²) >= 11 is 0. The zero-order valence-electron chi connectivity index (χ0n) is 9.38. The molecule has 1 aliphatic rings. The number of nitro benzene ring substituents is 1. The van der Waals surface area contributed by atoms with Crippen LogP contribution in [0.2, 0.25) is 0 Å². The molecule has 2 rings (SSSR count). The number of fused-ring (bicyclic) bond motifs is 1. The van der Waals surface area contributed by atoms with Crippen LogP contribution in [0.1, 0.15) is 12.5 Å². The van der Waals surface area contributed by atoms with Gasteiger partial charge in [0.2, 0.25) is 0 Å². The Balaban J connectivity index is 2.60. The Labute approximate surface area is 98.8 Å². The first kappa shape index (κ1) is 11.4. The molecule has 0 aliphatic carbocycles. The van der Waals surface area contributed by atoms with Crippen molar-refractivity contribution < 1.29 is 14.4 Å². The van der Waals surface area contributed by atoms with E-state index in [1.54, 1.807) is 25.1 Å². The van der Waals surface area contributed by atoms with Gasteiger partial charge in [-0.25, -0.2) is 0 Å². The number of nitrogens with zero attached hydrogens (tertiary/aromatic N) is 1. The monoisotopic (exact) mass is 234 g/mol. The van der Waals surface area contributed by atoms with Gasteiger partial charge >= 0.3 is 0 Å². The molecule has 0 spiro atoms. The van der Waals surface area contributed by atoms with Crippen molar-refractivity contribution in [3.05, 3.63) is 40.8 Å². The van der Waals surface area contributed by atoms with Crippen LogP contribution in [0.5, 0.6) is 11.5 Å². The minimum Gasteiger partial charge on any atom is -0.486 e. The summed E-state index contributed by atoms with van der Waals surface area (Å²) < 4.78 is 10.9. The average Bonchev–Trinajstić information content (AvgIpc) is 2.29. The minimum atomic E-state index is -0.439. The highest BCUT2D eigenvalue weighted by Crippen LogP contribution is 2.40. The van der Waals surface area contributed by atoms with E-state index in [-0.39, 0.29) is 11.8 Å². The Bertz CT molecular complexity index is 482. The highest BCUT2D eigenvalue weighted by Gasteiger charge is 2.25. The molecule has 1 aliphatic heterocycles. The van der Waals surface area contributed by atoms with Crippen molar-refractivity contribution in [2.24, 2.45) is 0 Å². The van der Waals surface area contributed by atoms with Gasteiger partial charge in [0.1, 0.15) is 12.7 Å². The van der Waals surface area contributed by atoms with Gasteiger partial charge < -0.3 is 9.47 Å². The SMILES string of the molecule is [CH2]C1COc2ccc([N+](=O)[O-])c(C=CC)c2O1. The third-order valence-electron chi connectivity index (χ3n) is 2.38. The van der Waals surface area contributed by atoms with Crippen LogP contribution in [0.3, 0.4) is 0 Å². The molecule has 0 bridgehead atoms. The fraction of sp³-hybridized carbons (Fsp3) is 0.250. The van der Waals surface area contributed by atoms with Gasteiger partial charge in [0.25, 0.3) is 5.69 Å². The molecule has 0 saturated carbocycles. The number of rotatable bonds is 2. The summed E-state index contributed by atoms with van der Waals surface area (Å²) in [5, 5.41) is 10.9. The van der Waals surface area contributed by atoms with Gasteiger partial charge in [0, 0.05) is 6.07 Å². The van der Waals surface area contributed by atoms with Crippen LogP contribution >= 0.6 is 0 Å². The Morgan fingerprint density at radius 1 is 1.59 bits per heavy atom. The maximum atomic E-state index is 10.9. The summed E-state index contributed by atoms with van der Waals surface area (Å²) in [7, 11) is 0. The predicted molar refractivity (Wildman–Crippen MR) is 63.1 cm³/mol. The van der Waals surface area contributed by atoms with Crippen molar-refractivity contribution in [2.45, 2.75) is 13.0 Å². The Hall–Kier alpha value is -2.04. The zero-order valence-corrected chi connectivity index (χ0v) is 9.38. The normalized spacial score (nSPS) is 18.4. The van der Waals surface area contributed by atoms with E-state index in [1.165, 1.54) is 6.07 Å². The second-order valence-electron chi connectivity index (χ2n) is 3.63. The molecule has 0 saturated heterocycles. The number of benzene rings is 1. The Morgan fingerprint density at radius 3 is 3.00 bits per heavy atom. The van der Waals surface area contributed by atoms with Gasteiger partial charge in [-0.15, -0.1) is 0 Å². The molecule has 1 aromatic carbocycles. The van der Waals surface area contributed by atoms with Crippen LogP contribution in [0.25, 0.3) is 6.08 Å². The topological polar surface area (TPSA) is 61.6 Å². The van der Waals surface area contributed by atoms with E-state index in [4.69, 9.17) is 9.47 Å². The van der Waals surface area contributed by atoms with Gasteiger partial charge in [-0.3, -0.25) is 10.1 Å². The van der Waals surface area contributed by atoms with Crippen LogP contribution in [0.15, 0.2) is 18.2 Å². The molecule has 5 nitrogen and oxygen atoms in total. The first-order valence-corrected chi connectivity index (χ1v) is 5.20. The van der Waals surface area contributed by atoms with E-state index < -0.39 is 4.92 Å². The van der Waals surface area contributed by atoms with Gasteiger partial charge in [-0.2, -0.15) is 0 Å². The number of hydrogen-bond donors (Lipinski definition) is 0. The van der Waals surface area contributed by atoms with Gasteiger partial charge in [0.05, 0.1) is 10.5 Å². The first-order chi connectivity index (χ1) is 8.13. The number of hydrogen-bond acceptors (Lipinski definition) is 4. The summed E-state index contributed by atoms with van der Waals surface area (Å²) in [6.45, 7) is 5.86. The summed E-state index contributed by atoms with van der Waals surface area (Å²) in [4.78, 5) is 10.5. The second-order valence-corrected chi connectivity index (χ2v) is 3.63. The fourth-order valence-electron chi connectivity index (χ4n) is 1.67. The largest absolute Gasteiger partial charge is 0.486 e. The molecular weight excluding hydrogens is 222 g/mol. The summed E-state index contributed by atoms with van der Waals surface area (Å²) in [5.74, 6) is 0.909. The van der Waals surface area contributed by atoms with Crippen LogP contribution in [-0.4, -0.2) is 17.6 Å². The molecule has 1 radical (unpaired) electrons. The van der Waals surface area contributed by atoms with Crippen LogP contribution in [0.4, 0.5) is 5.69 Å². The number of nitro groups is 1. The minimum absolute atomic E-state index is 0.000417. The van der Waals surface area contributed by atoms with Crippen molar-refractivity contribution >= 4 is 11.8 Å². The van der Waals surface area contributed by atoms with Crippen molar-refractivity contribution in [1.82, 2.24) is 0 Å². The predicted octanol–water partition coefficient (Wildman–Crippen LogP) is 2.60. The lowest BCUT2D eigenvalue weighted by molar-refractivity contribution is -0.385. The van der Waals surface area contributed by atoms with E-state index in [1.807, 2.05) is 0 Å². The van der Waals surface area contributed by atoms with Gasteiger partial charge in [-0.05, 0) is 26.0 Å². The molecule has 0 amide bonds. The maximum Gasteiger partial charge on any atom is 0.280 e. The first-order valence-electron chi connectivity index (χ1n) is 5.20. The van der Waals surface area contributed by atoms with Crippen LogP contribution in [-0.2, 0) is 0 Å². The van der Waals surface area contributed by atoms with Gasteiger partial charge in [0.15, 0.2) is 11.5 Å². The lowest BCUT2D eigenvalue weighted by Crippen LogP contribution is -2.26. The van der Waals surface area contributed by atoms with E-state index in [2.05, 4.69) is 6.92 Å². The summed E-state index contributed by atoms with van der Waals surface area (Å²) in [6.07, 6.45) is 3.00. The molecule has 1 unspecified atom stereocenters. The number of ether oxygens (including phenoxy) is 2. The average molecular weight is 234 g/mol. The number of allylic oxidation sites excluding steroid dienone is 1.